The summed E-state index contributed by atoms with van der Waals surface area (Å²) in [6.45, 7) is 15.6. The molecular weight excluding hydrogens is 310 g/mol. The van der Waals surface area contributed by atoms with Crippen molar-refractivity contribution in [3.63, 3.8) is 0 Å². The zero-order valence-corrected chi connectivity index (χ0v) is 16.5. The Kier molecular flexibility index (Phi) is 5.62. The van der Waals surface area contributed by atoms with E-state index in [4.69, 9.17) is 5.10 Å². The van der Waals surface area contributed by atoms with E-state index in [1.807, 2.05) is 12.5 Å². The molecule has 0 N–H and O–H groups in total. The van der Waals surface area contributed by atoms with E-state index in [1.54, 1.807) is 0 Å². The first-order chi connectivity index (χ1) is 12.0. The van der Waals surface area contributed by atoms with Gasteiger partial charge in [-0.3, -0.25) is 9.58 Å². The lowest BCUT2D eigenvalue weighted by molar-refractivity contribution is 0.135. The lowest BCUT2D eigenvalue weighted by atomic mass is 9.98. The second kappa shape index (κ2) is 7.73. The van der Waals surface area contributed by atoms with Gasteiger partial charge in [-0.15, -0.1) is 0 Å². The Labute approximate surface area is 152 Å². The number of likely N-dealkylation sites (tertiary alicyclic amines) is 1. The molecule has 3 rings (SSSR count). The number of rotatable bonds is 6. The van der Waals surface area contributed by atoms with Crippen LogP contribution in [0, 0.1) is 19.8 Å². The lowest BCUT2D eigenvalue weighted by Crippen LogP contribution is -2.41. The second-order valence-corrected chi connectivity index (χ2v) is 7.77. The summed E-state index contributed by atoms with van der Waals surface area (Å²) in [5, 5.41) is 4.74. The molecular formula is C20H33N5. The number of piperidine rings is 1. The van der Waals surface area contributed by atoms with E-state index in [-0.39, 0.29) is 0 Å². The lowest BCUT2D eigenvalue weighted by Gasteiger charge is -2.35. The fourth-order valence-corrected chi connectivity index (χ4v) is 4.04. The molecule has 0 aromatic carbocycles. The Morgan fingerprint density at radius 3 is 2.64 bits per heavy atom. The summed E-state index contributed by atoms with van der Waals surface area (Å²) in [4.78, 5) is 7.08. The van der Waals surface area contributed by atoms with Crippen molar-refractivity contribution in [3.8, 4) is 11.3 Å². The van der Waals surface area contributed by atoms with Crippen LogP contribution in [0.15, 0.2) is 12.5 Å². The minimum atomic E-state index is 0.534. The van der Waals surface area contributed by atoms with Crippen LogP contribution in [-0.4, -0.2) is 43.4 Å². The molecule has 1 unspecified atom stereocenters. The Bertz CT molecular complexity index is 691. The van der Waals surface area contributed by atoms with Crippen molar-refractivity contribution in [2.45, 2.75) is 73.0 Å². The summed E-state index contributed by atoms with van der Waals surface area (Å²) in [5.41, 5.74) is 4.81. The van der Waals surface area contributed by atoms with Crippen molar-refractivity contribution in [2.24, 2.45) is 5.92 Å². The Hall–Kier alpha value is -1.62. The van der Waals surface area contributed by atoms with Gasteiger partial charge >= 0.3 is 0 Å². The molecule has 1 aliphatic rings. The highest BCUT2D eigenvalue weighted by Crippen LogP contribution is 2.28. The van der Waals surface area contributed by atoms with Gasteiger partial charge in [0.1, 0.15) is 0 Å². The molecule has 0 radical (unpaired) electrons. The third-order valence-corrected chi connectivity index (χ3v) is 5.69. The molecule has 5 heteroatoms. The minimum absolute atomic E-state index is 0.534. The number of aromatic nitrogens is 4. The Morgan fingerprint density at radius 2 is 1.96 bits per heavy atom. The van der Waals surface area contributed by atoms with Crippen LogP contribution >= 0.6 is 0 Å². The van der Waals surface area contributed by atoms with Crippen molar-refractivity contribution >= 4 is 0 Å². The molecule has 0 amide bonds. The topological polar surface area (TPSA) is 38.9 Å². The number of nitrogens with zero attached hydrogens (tertiary/aromatic N) is 5. The van der Waals surface area contributed by atoms with Crippen molar-refractivity contribution in [1.29, 1.82) is 0 Å². The largest absolute Gasteiger partial charge is 0.329 e. The SMILES string of the molecule is CCCn1nc(C)c(-c2cncn2CC(C)N2CCC(C)CC2)c1C. The van der Waals surface area contributed by atoms with Crippen LogP contribution in [0.1, 0.15) is 51.4 Å². The summed E-state index contributed by atoms with van der Waals surface area (Å²) in [6, 6.07) is 0.534. The number of imidazole rings is 1. The van der Waals surface area contributed by atoms with Gasteiger partial charge in [0.15, 0.2) is 0 Å². The number of hydrogen-bond donors (Lipinski definition) is 0. The van der Waals surface area contributed by atoms with Gasteiger partial charge in [-0.2, -0.15) is 5.10 Å². The molecule has 0 bridgehead atoms. The summed E-state index contributed by atoms with van der Waals surface area (Å²) in [5.74, 6) is 0.877. The van der Waals surface area contributed by atoms with Crippen molar-refractivity contribution < 1.29 is 0 Å². The first-order valence-electron chi connectivity index (χ1n) is 9.79. The Balaban J connectivity index is 1.79. The average molecular weight is 344 g/mol. The summed E-state index contributed by atoms with van der Waals surface area (Å²) in [7, 11) is 0. The van der Waals surface area contributed by atoms with E-state index < -0.39 is 0 Å². The van der Waals surface area contributed by atoms with Gasteiger partial charge in [0.2, 0.25) is 0 Å². The van der Waals surface area contributed by atoms with E-state index in [2.05, 4.69) is 53.8 Å². The Morgan fingerprint density at radius 1 is 1.24 bits per heavy atom. The maximum absolute atomic E-state index is 4.74. The predicted molar refractivity (Wildman–Crippen MR) is 103 cm³/mol. The molecule has 0 spiro atoms. The van der Waals surface area contributed by atoms with Crippen LogP contribution in [0.3, 0.4) is 0 Å². The van der Waals surface area contributed by atoms with E-state index in [9.17, 15) is 0 Å². The van der Waals surface area contributed by atoms with Gasteiger partial charge in [0.05, 0.1) is 23.9 Å². The molecule has 1 saturated heterocycles. The molecule has 5 nitrogen and oxygen atoms in total. The van der Waals surface area contributed by atoms with E-state index in [0.717, 1.165) is 31.1 Å². The van der Waals surface area contributed by atoms with E-state index >= 15 is 0 Å². The number of hydrogen-bond acceptors (Lipinski definition) is 3. The van der Waals surface area contributed by atoms with Gasteiger partial charge in [-0.1, -0.05) is 13.8 Å². The van der Waals surface area contributed by atoms with Crippen LogP contribution in [0.2, 0.25) is 0 Å². The van der Waals surface area contributed by atoms with E-state index in [1.165, 1.54) is 42.9 Å². The molecule has 138 valence electrons. The van der Waals surface area contributed by atoms with Gasteiger partial charge < -0.3 is 4.57 Å². The third-order valence-electron chi connectivity index (χ3n) is 5.69. The molecule has 3 heterocycles. The summed E-state index contributed by atoms with van der Waals surface area (Å²) in [6.07, 6.45) is 7.73. The molecule has 1 fully saturated rings. The highest BCUT2D eigenvalue weighted by atomic mass is 15.3. The summed E-state index contributed by atoms with van der Waals surface area (Å²) < 4.78 is 4.45. The first-order valence-corrected chi connectivity index (χ1v) is 9.79. The fourth-order valence-electron chi connectivity index (χ4n) is 4.04. The monoisotopic (exact) mass is 343 g/mol. The van der Waals surface area contributed by atoms with Crippen molar-refractivity contribution in [2.75, 3.05) is 13.1 Å². The van der Waals surface area contributed by atoms with Crippen LogP contribution in [0.25, 0.3) is 11.3 Å². The number of aryl methyl sites for hydroxylation is 2. The maximum atomic E-state index is 4.74. The molecule has 1 atom stereocenters. The smallest absolute Gasteiger partial charge is 0.0951 e. The van der Waals surface area contributed by atoms with Crippen LogP contribution in [0.5, 0.6) is 0 Å². The molecule has 0 saturated carbocycles. The standard InChI is InChI=1S/C20H33N5/c1-6-9-25-18(5)20(17(4)22-25)19-12-21-14-24(19)13-16(3)23-10-7-15(2)8-11-23/h12,14-16H,6-11,13H2,1-5H3. The molecule has 1 aliphatic heterocycles. The third kappa shape index (κ3) is 3.81. The van der Waals surface area contributed by atoms with Gasteiger partial charge in [-0.05, 0) is 59.0 Å². The van der Waals surface area contributed by atoms with Crippen LogP contribution < -0.4 is 0 Å². The van der Waals surface area contributed by atoms with Crippen molar-refractivity contribution in [3.05, 3.63) is 23.9 Å². The fraction of sp³-hybridized carbons (Fsp3) is 0.700. The molecule has 2 aromatic heterocycles. The van der Waals surface area contributed by atoms with Crippen LogP contribution in [-0.2, 0) is 13.1 Å². The zero-order valence-electron chi connectivity index (χ0n) is 16.5. The zero-order chi connectivity index (χ0) is 18.0. The van der Waals surface area contributed by atoms with Crippen LogP contribution in [0.4, 0.5) is 0 Å². The average Bonchev–Trinajstić information content (AvgIpc) is 3.13. The second-order valence-electron chi connectivity index (χ2n) is 7.77. The van der Waals surface area contributed by atoms with Gasteiger partial charge in [-0.25, -0.2) is 4.98 Å². The first kappa shape index (κ1) is 18.2. The molecule has 0 aliphatic carbocycles. The van der Waals surface area contributed by atoms with Gasteiger partial charge in [0.25, 0.3) is 0 Å². The minimum Gasteiger partial charge on any atom is -0.329 e. The highest BCUT2D eigenvalue weighted by Gasteiger charge is 2.22. The predicted octanol–water partition coefficient (Wildman–Crippen LogP) is 3.89. The van der Waals surface area contributed by atoms with Crippen molar-refractivity contribution in [1.82, 2.24) is 24.2 Å². The quantitative estimate of drug-likeness (QED) is 0.798. The molecule has 2 aromatic rings. The van der Waals surface area contributed by atoms with E-state index in [0.29, 0.717) is 6.04 Å². The van der Waals surface area contributed by atoms with Gasteiger partial charge in [0, 0.05) is 30.4 Å². The summed E-state index contributed by atoms with van der Waals surface area (Å²) >= 11 is 0. The normalized spacial score (nSPS) is 18.0. The molecule has 25 heavy (non-hydrogen) atoms. The highest BCUT2D eigenvalue weighted by molar-refractivity contribution is 5.64. The maximum Gasteiger partial charge on any atom is 0.0951 e.